The molecule has 0 saturated heterocycles. The summed E-state index contributed by atoms with van der Waals surface area (Å²) in [5.74, 6) is 2.49. The zero-order chi connectivity index (χ0) is 14.4. The van der Waals surface area contributed by atoms with Crippen LogP contribution in [0.1, 0.15) is 24.7 Å². The van der Waals surface area contributed by atoms with Crippen LogP contribution in [0.5, 0.6) is 0 Å². The Bertz CT molecular complexity index is 554. The first-order valence-corrected chi connectivity index (χ1v) is 7.54. The molecule has 0 amide bonds. The second-order valence-corrected chi connectivity index (χ2v) is 5.51. The fraction of sp³-hybridized carbons (Fsp3) is 0.333. The van der Waals surface area contributed by atoms with Crippen LogP contribution in [0, 0.1) is 6.92 Å². The summed E-state index contributed by atoms with van der Waals surface area (Å²) >= 11 is 3.44. The van der Waals surface area contributed by atoms with Crippen molar-refractivity contribution in [3.63, 3.8) is 0 Å². The minimum absolute atomic E-state index is 0.747. The topological polar surface area (TPSA) is 49.8 Å². The number of hydrogen-bond acceptors (Lipinski definition) is 4. The second-order valence-electron chi connectivity index (χ2n) is 4.59. The molecular formula is C15H19BrN4. The number of nitrogens with zero attached hydrogens (tertiary/aromatic N) is 2. The van der Waals surface area contributed by atoms with Gasteiger partial charge in [0.2, 0.25) is 0 Å². The molecule has 4 nitrogen and oxygen atoms in total. The molecule has 1 aromatic carbocycles. The molecule has 0 bridgehead atoms. The molecule has 106 valence electrons. The molecule has 1 heterocycles. The van der Waals surface area contributed by atoms with Crippen LogP contribution >= 0.6 is 15.9 Å². The molecule has 20 heavy (non-hydrogen) atoms. The van der Waals surface area contributed by atoms with E-state index in [1.54, 1.807) is 0 Å². The van der Waals surface area contributed by atoms with Crippen molar-refractivity contribution in [1.82, 2.24) is 9.97 Å². The number of benzene rings is 1. The second kappa shape index (κ2) is 7.24. The number of rotatable bonds is 6. The smallest absolute Gasteiger partial charge is 0.132 e. The van der Waals surface area contributed by atoms with E-state index in [0.29, 0.717) is 0 Å². The van der Waals surface area contributed by atoms with Gasteiger partial charge in [-0.1, -0.05) is 35.0 Å². The monoisotopic (exact) mass is 334 g/mol. The predicted octanol–water partition coefficient (Wildman–Crippen LogP) is 3.98. The molecule has 2 aromatic rings. The maximum absolute atomic E-state index is 4.40. The van der Waals surface area contributed by atoms with Gasteiger partial charge in [-0.3, -0.25) is 0 Å². The van der Waals surface area contributed by atoms with Crippen molar-refractivity contribution in [1.29, 1.82) is 0 Å². The van der Waals surface area contributed by atoms with Crippen molar-refractivity contribution in [2.45, 2.75) is 26.8 Å². The summed E-state index contributed by atoms with van der Waals surface area (Å²) in [6, 6.07) is 10.2. The van der Waals surface area contributed by atoms with E-state index in [-0.39, 0.29) is 0 Å². The third kappa shape index (κ3) is 4.49. The Morgan fingerprint density at radius 2 is 1.70 bits per heavy atom. The summed E-state index contributed by atoms with van der Waals surface area (Å²) in [7, 11) is 0. The molecule has 0 saturated carbocycles. The van der Waals surface area contributed by atoms with E-state index in [1.807, 2.05) is 25.1 Å². The number of aromatic nitrogens is 2. The normalized spacial score (nSPS) is 10.3. The van der Waals surface area contributed by atoms with Gasteiger partial charge in [-0.25, -0.2) is 9.97 Å². The van der Waals surface area contributed by atoms with Gasteiger partial charge in [0.05, 0.1) is 0 Å². The highest BCUT2D eigenvalue weighted by molar-refractivity contribution is 9.10. The summed E-state index contributed by atoms with van der Waals surface area (Å²) in [4.78, 5) is 8.77. The summed E-state index contributed by atoms with van der Waals surface area (Å²) in [5.41, 5.74) is 1.22. The van der Waals surface area contributed by atoms with Crippen LogP contribution in [-0.2, 0) is 6.54 Å². The van der Waals surface area contributed by atoms with Crippen LogP contribution in [-0.4, -0.2) is 16.5 Å². The van der Waals surface area contributed by atoms with Crippen LogP contribution < -0.4 is 10.6 Å². The Morgan fingerprint density at radius 1 is 1.05 bits per heavy atom. The van der Waals surface area contributed by atoms with Gasteiger partial charge in [-0.05, 0) is 31.0 Å². The van der Waals surface area contributed by atoms with Gasteiger partial charge in [0.1, 0.15) is 17.5 Å². The average molecular weight is 335 g/mol. The zero-order valence-corrected chi connectivity index (χ0v) is 13.4. The summed E-state index contributed by atoms with van der Waals surface area (Å²) in [6.45, 7) is 5.70. The molecule has 2 N–H and O–H groups in total. The maximum Gasteiger partial charge on any atom is 0.132 e. The van der Waals surface area contributed by atoms with E-state index in [0.717, 1.165) is 41.4 Å². The summed E-state index contributed by atoms with van der Waals surface area (Å²) in [5, 5.41) is 6.62. The third-order valence-corrected chi connectivity index (χ3v) is 3.31. The maximum atomic E-state index is 4.40. The van der Waals surface area contributed by atoms with Gasteiger partial charge in [-0.15, -0.1) is 0 Å². The molecule has 0 fully saturated rings. The number of aryl methyl sites for hydroxylation is 1. The number of nitrogens with one attached hydrogen (secondary N) is 2. The van der Waals surface area contributed by atoms with Crippen molar-refractivity contribution >= 4 is 27.6 Å². The van der Waals surface area contributed by atoms with Gasteiger partial charge in [0.25, 0.3) is 0 Å². The minimum atomic E-state index is 0.747. The largest absolute Gasteiger partial charge is 0.370 e. The minimum Gasteiger partial charge on any atom is -0.370 e. The van der Waals surface area contributed by atoms with Gasteiger partial charge in [-0.2, -0.15) is 0 Å². The van der Waals surface area contributed by atoms with E-state index < -0.39 is 0 Å². The Morgan fingerprint density at radius 3 is 2.35 bits per heavy atom. The molecule has 0 spiro atoms. The molecule has 1 aromatic heterocycles. The number of hydrogen-bond donors (Lipinski definition) is 2. The molecule has 5 heteroatoms. The molecule has 0 aliphatic heterocycles. The zero-order valence-electron chi connectivity index (χ0n) is 11.8. The molecule has 0 aliphatic carbocycles. The highest BCUT2D eigenvalue weighted by Gasteiger charge is 2.01. The van der Waals surface area contributed by atoms with E-state index in [2.05, 4.69) is 55.6 Å². The predicted molar refractivity (Wildman–Crippen MR) is 87.0 cm³/mol. The lowest BCUT2D eigenvalue weighted by atomic mass is 10.2. The molecule has 0 aliphatic rings. The molecule has 0 atom stereocenters. The highest BCUT2D eigenvalue weighted by atomic mass is 79.9. The SMILES string of the molecule is CCCNc1cc(NCc2ccc(Br)cc2)nc(C)n1. The Kier molecular flexibility index (Phi) is 5.35. The quantitative estimate of drug-likeness (QED) is 0.838. The summed E-state index contributed by atoms with van der Waals surface area (Å²) in [6.07, 6.45) is 1.07. The number of halogens is 1. The number of anilines is 2. The van der Waals surface area contributed by atoms with Crippen LogP contribution in [0.25, 0.3) is 0 Å². The van der Waals surface area contributed by atoms with E-state index in [9.17, 15) is 0 Å². The average Bonchev–Trinajstić information content (AvgIpc) is 2.44. The molecule has 0 unspecified atom stereocenters. The van der Waals surface area contributed by atoms with Crippen molar-refractivity contribution in [2.75, 3.05) is 17.2 Å². The summed E-state index contributed by atoms with van der Waals surface area (Å²) < 4.78 is 1.09. The van der Waals surface area contributed by atoms with E-state index >= 15 is 0 Å². The Labute approximate surface area is 128 Å². The van der Waals surface area contributed by atoms with E-state index in [1.165, 1.54) is 5.56 Å². The fourth-order valence-corrected chi connectivity index (χ4v) is 2.06. The lowest BCUT2D eigenvalue weighted by Gasteiger charge is -2.10. The third-order valence-electron chi connectivity index (χ3n) is 2.78. The molecule has 2 rings (SSSR count). The van der Waals surface area contributed by atoms with Gasteiger partial charge >= 0.3 is 0 Å². The standard InChI is InChI=1S/C15H19BrN4/c1-3-8-17-14-9-15(20-11(2)19-14)18-10-12-4-6-13(16)7-5-12/h4-7,9H,3,8,10H2,1-2H3,(H2,17,18,19,20). The fourth-order valence-electron chi connectivity index (χ4n) is 1.80. The Hall–Kier alpha value is -1.62. The lowest BCUT2D eigenvalue weighted by molar-refractivity contribution is 0.951. The van der Waals surface area contributed by atoms with Crippen LogP contribution in [0.4, 0.5) is 11.6 Å². The lowest BCUT2D eigenvalue weighted by Crippen LogP contribution is -2.07. The van der Waals surface area contributed by atoms with E-state index in [4.69, 9.17) is 0 Å². The Balaban J connectivity index is 2.01. The van der Waals surface area contributed by atoms with Crippen molar-refractivity contribution in [3.05, 3.63) is 46.2 Å². The molecule has 0 radical (unpaired) electrons. The first kappa shape index (κ1) is 14.8. The molecular weight excluding hydrogens is 316 g/mol. The van der Waals surface area contributed by atoms with Gasteiger partial charge in [0, 0.05) is 23.6 Å². The van der Waals surface area contributed by atoms with Crippen LogP contribution in [0.3, 0.4) is 0 Å². The first-order valence-electron chi connectivity index (χ1n) is 6.75. The van der Waals surface area contributed by atoms with Crippen LogP contribution in [0.2, 0.25) is 0 Å². The van der Waals surface area contributed by atoms with Crippen molar-refractivity contribution < 1.29 is 0 Å². The van der Waals surface area contributed by atoms with Crippen LogP contribution in [0.15, 0.2) is 34.8 Å². The first-order chi connectivity index (χ1) is 9.67. The van der Waals surface area contributed by atoms with Crippen molar-refractivity contribution in [3.8, 4) is 0 Å². The van der Waals surface area contributed by atoms with Gasteiger partial charge in [0.15, 0.2) is 0 Å². The van der Waals surface area contributed by atoms with Gasteiger partial charge < -0.3 is 10.6 Å². The highest BCUT2D eigenvalue weighted by Crippen LogP contribution is 2.14. The van der Waals surface area contributed by atoms with Crippen molar-refractivity contribution in [2.24, 2.45) is 0 Å².